The van der Waals surface area contributed by atoms with Gasteiger partial charge in [-0.15, -0.1) is 0 Å². The molecule has 0 radical (unpaired) electrons. The lowest BCUT2D eigenvalue weighted by Gasteiger charge is -2.24. The van der Waals surface area contributed by atoms with Gasteiger partial charge >= 0.3 is 0 Å². The first-order valence-corrected chi connectivity index (χ1v) is 14.1. The zero-order valence-electron chi connectivity index (χ0n) is 22.8. The summed E-state index contributed by atoms with van der Waals surface area (Å²) < 4.78 is 11.7. The summed E-state index contributed by atoms with van der Waals surface area (Å²) in [7, 11) is 3.37. The van der Waals surface area contributed by atoms with Crippen molar-refractivity contribution in [1.82, 2.24) is 4.90 Å². The Kier molecular flexibility index (Phi) is 10.3. The van der Waals surface area contributed by atoms with E-state index in [2.05, 4.69) is 22.0 Å². The first-order chi connectivity index (χ1) is 18.2. The molecule has 0 bridgehead atoms. The average Bonchev–Trinajstić information content (AvgIpc) is 3.60. The Balaban J connectivity index is 1.29. The monoisotopic (exact) mass is 504 g/mol. The van der Waals surface area contributed by atoms with E-state index in [1.807, 2.05) is 35.2 Å². The number of unbranched alkanes of at least 4 members (excludes halogenated alkanes) is 7. The van der Waals surface area contributed by atoms with Crippen LogP contribution < -0.4 is 15.4 Å². The summed E-state index contributed by atoms with van der Waals surface area (Å²) >= 11 is 0. The lowest BCUT2D eigenvalue weighted by atomic mass is 10.0. The number of hydrogen-bond acceptors (Lipinski definition) is 4. The Labute approximate surface area is 222 Å². The second-order valence-electron chi connectivity index (χ2n) is 10.2. The van der Waals surface area contributed by atoms with E-state index < -0.39 is 0 Å². The van der Waals surface area contributed by atoms with E-state index in [4.69, 9.17) is 14.9 Å². The minimum Gasteiger partial charge on any atom is -0.495 e. The molecule has 37 heavy (non-hydrogen) atoms. The first-order valence-electron chi connectivity index (χ1n) is 14.1. The number of guanidine groups is 1. The Morgan fingerprint density at radius 2 is 1.68 bits per heavy atom. The average molecular weight is 505 g/mol. The molecule has 1 saturated heterocycles. The van der Waals surface area contributed by atoms with Crippen molar-refractivity contribution in [3.05, 3.63) is 54.3 Å². The molecule has 1 aliphatic rings. The predicted molar refractivity (Wildman–Crippen MR) is 155 cm³/mol. The highest BCUT2D eigenvalue weighted by atomic mass is 16.5. The van der Waals surface area contributed by atoms with Gasteiger partial charge in [-0.25, -0.2) is 4.90 Å². The molecule has 1 fully saturated rings. The highest BCUT2D eigenvalue weighted by Gasteiger charge is 2.23. The van der Waals surface area contributed by atoms with E-state index in [1.54, 1.807) is 20.4 Å². The standard InChI is InChI=1S/C31H44N4O2/c1-33-31(32)35(30-27-17-11-10-16-26(27)24-37-30)28-23-25(18-19-29(28)36-2)15-9-7-5-3-4-6-8-12-20-34-21-13-14-22-34/h10-11,16-19,23-24H,3-9,12-15,20-22H2,1-2H3,(H2,32,33). The fourth-order valence-electron chi connectivity index (χ4n) is 5.38. The molecular formula is C31H44N4O2. The van der Waals surface area contributed by atoms with Crippen molar-refractivity contribution in [2.24, 2.45) is 10.7 Å². The predicted octanol–water partition coefficient (Wildman–Crippen LogP) is 7.28. The third kappa shape index (κ3) is 7.29. The number of aryl methyl sites for hydroxylation is 1. The summed E-state index contributed by atoms with van der Waals surface area (Å²) in [6, 6.07) is 14.4. The number of anilines is 2. The van der Waals surface area contributed by atoms with E-state index in [1.165, 1.54) is 89.4 Å². The smallest absolute Gasteiger partial charge is 0.214 e. The summed E-state index contributed by atoms with van der Waals surface area (Å²) in [5.41, 5.74) is 8.50. The van der Waals surface area contributed by atoms with Crippen LogP contribution in [0.3, 0.4) is 0 Å². The number of aliphatic imine (C=N–C) groups is 1. The summed E-state index contributed by atoms with van der Waals surface area (Å²) in [6.07, 6.45) is 16.2. The van der Waals surface area contributed by atoms with Crippen LogP contribution in [-0.2, 0) is 6.42 Å². The summed E-state index contributed by atoms with van der Waals surface area (Å²) in [4.78, 5) is 8.76. The minimum absolute atomic E-state index is 0.357. The zero-order chi connectivity index (χ0) is 25.9. The topological polar surface area (TPSA) is 67.2 Å². The van der Waals surface area contributed by atoms with Gasteiger partial charge in [0.15, 0.2) is 0 Å². The third-order valence-electron chi connectivity index (χ3n) is 7.52. The molecule has 0 spiro atoms. The molecule has 2 heterocycles. The van der Waals surface area contributed by atoms with Crippen molar-refractivity contribution in [1.29, 1.82) is 0 Å². The van der Waals surface area contributed by atoms with E-state index >= 15 is 0 Å². The van der Waals surface area contributed by atoms with Gasteiger partial charge in [0.05, 0.1) is 12.8 Å². The number of likely N-dealkylation sites (tertiary alicyclic amines) is 1. The van der Waals surface area contributed by atoms with Crippen molar-refractivity contribution in [2.45, 2.75) is 70.6 Å². The molecule has 2 aromatic carbocycles. The van der Waals surface area contributed by atoms with Gasteiger partial charge in [-0.05, 0) is 75.5 Å². The van der Waals surface area contributed by atoms with Crippen LogP contribution >= 0.6 is 0 Å². The van der Waals surface area contributed by atoms with Gasteiger partial charge in [0, 0.05) is 17.8 Å². The molecule has 1 aromatic heterocycles. The van der Waals surface area contributed by atoms with Crippen molar-refractivity contribution >= 4 is 28.3 Å². The number of ether oxygens (including phenoxy) is 1. The van der Waals surface area contributed by atoms with Crippen molar-refractivity contribution in [2.75, 3.05) is 38.7 Å². The molecule has 200 valence electrons. The zero-order valence-corrected chi connectivity index (χ0v) is 22.8. The van der Waals surface area contributed by atoms with Crippen molar-refractivity contribution in [3.63, 3.8) is 0 Å². The summed E-state index contributed by atoms with van der Waals surface area (Å²) in [5, 5.41) is 2.01. The molecular weight excluding hydrogens is 460 g/mol. The van der Waals surface area contributed by atoms with Gasteiger partial charge in [-0.1, -0.05) is 62.8 Å². The molecule has 0 aliphatic carbocycles. The summed E-state index contributed by atoms with van der Waals surface area (Å²) in [5.74, 6) is 1.74. The fourth-order valence-corrected chi connectivity index (χ4v) is 5.38. The quantitative estimate of drug-likeness (QED) is 0.142. The molecule has 6 nitrogen and oxygen atoms in total. The number of rotatable bonds is 14. The number of fused-ring (bicyclic) bond motifs is 1. The van der Waals surface area contributed by atoms with Crippen LogP contribution in [0.4, 0.5) is 11.6 Å². The van der Waals surface area contributed by atoms with E-state index in [-0.39, 0.29) is 0 Å². The van der Waals surface area contributed by atoms with E-state index in [0.717, 1.165) is 28.6 Å². The van der Waals surface area contributed by atoms with Crippen LogP contribution in [0.25, 0.3) is 10.8 Å². The van der Waals surface area contributed by atoms with Crippen molar-refractivity contribution in [3.8, 4) is 5.75 Å². The lowest BCUT2D eigenvalue weighted by molar-refractivity contribution is 0.327. The number of benzene rings is 2. The minimum atomic E-state index is 0.357. The number of furan rings is 1. The SMILES string of the molecule is CN=C(N)N(c1cc(CCCCCCCCCCN2CCCC2)ccc1OC)c1occ2ccccc12. The molecule has 0 saturated carbocycles. The Hall–Kier alpha value is -2.99. The maximum atomic E-state index is 6.39. The fraction of sp³-hybridized carbons (Fsp3) is 0.516. The van der Waals surface area contributed by atoms with Crippen LogP contribution in [0, 0.1) is 0 Å². The van der Waals surface area contributed by atoms with E-state index in [9.17, 15) is 0 Å². The van der Waals surface area contributed by atoms with Gasteiger partial charge < -0.3 is 19.8 Å². The number of hydrogen-bond donors (Lipinski definition) is 1. The third-order valence-corrected chi connectivity index (χ3v) is 7.52. The van der Waals surface area contributed by atoms with Gasteiger partial charge in [0.25, 0.3) is 0 Å². The second kappa shape index (κ2) is 14.1. The van der Waals surface area contributed by atoms with Gasteiger partial charge in [-0.3, -0.25) is 4.99 Å². The highest BCUT2D eigenvalue weighted by molar-refractivity contribution is 6.08. The van der Waals surface area contributed by atoms with Crippen LogP contribution in [0.15, 0.2) is 58.1 Å². The largest absolute Gasteiger partial charge is 0.495 e. The maximum Gasteiger partial charge on any atom is 0.214 e. The van der Waals surface area contributed by atoms with Crippen LogP contribution in [-0.4, -0.2) is 44.7 Å². The maximum absolute atomic E-state index is 6.39. The Morgan fingerprint density at radius 1 is 0.973 bits per heavy atom. The van der Waals surface area contributed by atoms with Crippen molar-refractivity contribution < 1.29 is 9.15 Å². The number of nitrogens with zero attached hydrogens (tertiary/aromatic N) is 3. The van der Waals surface area contributed by atoms with Gasteiger partial charge in [0.2, 0.25) is 11.8 Å². The molecule has 0 unspecified atom stereocenters. The molecule has 4 rings (SSSR count). The number of methoxy groups -OCH3 is 1. The molecule has 0 atom stereocenters. The molecule has 0 amide bonds. The van der Waals surface area contributed by atoms with Crippen LogP contribution in [0.5, 0.6) is 5.75 Å². The molecule has 1 aliphatic heterocycles. The van der Waals surface area contributed by atoms with Crippen LogP contribution in [0.2, 0.25) is 0 Å². The van der Waals surface area contributed by atoms with Crippen LogP contribution in [0.1, 0.15) is 69.8 Å². The van der Waals surface area contributed by atoms with E-state index in [0.29, 0.717) is 11.8 Å². The normalized spacial score (nSPS) is 14.5. The Morgan fingerprint density at radius 3 is 2.41 bits per heavy atom. The number of nitrogens with two attached hydrogens (primary N) is 1. The van der Waals surface area contributed by atoms with Gasteiger partial charge in [-0.2, -0.15) is 0 Å². The lowest BCUT2D eigenvalue weighted by Crippen LogP contribution is -2.33. The highest BCUT2D eigenvalue weighted by Crippen LogP contribution is 2.39. The molecule has 2 N–H and O–H groups in total. The molecule has 3 aromatic rings. The van der Waals surface area contributed by atoms with Gasteiger partial charge in [0.1, 0.15) is 12.0 Å². The summed E-state index contributed by atoms with van der Waals surface area (Å²) in [6.45, 7) is 3.97. The molecule has 6 heteroatoms. The second-order valence-corrected chi connectivity index (χ2v) is 10.2. The first kappa shape index (κ1) is 27.1. The Bertz CT molecular complexity index is 1130.